The zero-order chi connectivity index (χ0) is 18.6. The molecule has 6 nitrogen and oxygen atoms in total. The van der Waals surface area contributed by atoms with Crippen LogP contribution >= 0.6 is 11.6 Å². The van der Waals surface area contributed by atoms with Gasteiger partial charge in [-0.25, -0.2) is 18.4 Å². The number of carbonyl (C=O) groups excluding carboxylic acids is 1. The molecular formula is C17H20ClN3O3S. The quantitative estimate of drug-likeness (QED) is 0.833. The lowest BCUT2D eigenvalue weighted by Gasteiger charge is -2.22. The molecule has 2 aromatic carbocycles. The van der Waals surface area contributed by atoms with Crippen LogP contribution in [0.5, 0.6) is 0 Å². The van der Waals surface area contributed by atoms with Gasteiger partial charge < -0.3 is 10.2 Å². The van der Waals surface area contributed by atoms with E-state index >= 15 is 0 Å². The van der Waals surface area contributed by atoms with Crippen LogP contribution in [0, 0.1) is 0 Å². The summed E-state index contributed by atoms with van der Waals surface area (Å²) in [5.74, 6) is 0. The van der Waals surface area contributed by atoms with Crippen LogP contribution in [0.3, 0.4) is 0 Å². The summed E-state index contributed by atoms with van der Waals surface area (Å²) in [7, 11) is -2.11. The first-order valence-electron chi connectivity index (χ1n) is 7.55. The number of benzene rings is 2. The van der Waals surface area contributed by atoms with E-state index in [1.165, 1.54) is 17.0 Å². The minimum absolute atomic E-state index is 0.0124. The van der Waals surface area contributed by atoms with Gasteiger partial charge in [0.25, 0.3) is 0 Å². The third-order valence-electron chi connectivity index (χ3n) is 3.68. The molecule has 0 heterocycles. The van der Waals surface area contributed by atoms with Gasteiger partial charge in [0, 0.05) is 18.6 Å². The molecule has 3 N–H and O–H groups in total. The average molecular weight is 382 g/mol. The number of amides is 2. The van der Waals surface area contributed by atoms with Gasteiger partial charge in [-0.1, -0.05) is 35.9 Å². The topological polar surface area (TPSA) is 92.5 Å². The fourth-order valence-corrected chi connectivity index (χ4v) is 3.10. The number of primary sulfonamides is 1. The molecule has 0 aliphatic carbocycles. The molecule has 0 saturated carbocycles. The molecule has 0 aromatic heterocycles. The Morgan fingerprint density at radius 2 is 1.92 bits per heavy atom. The third kappa shape index (κ3) is 5.45. The van der Waals surface area contributed by atoms with Crippen molar-refractivity contribution in [3.8, 4) is 0 Å². The van der Waals surface area contributed by atoms with Crippen LogP contribution < -0.4 is 10.5 Å². The molecule has 0 saturated heterocycles. The second kappa shape index (κ2) is 7.86. The Labute approximate surface area is 152 Å². The Hall–Kier alpha value is -2.09. The van der Waals surface area contributed by atoms with Crippen molar-refractivity contribution < 1.29 is 13.2 Å². The molecule has 0 aliphatic heterocycles. The van der Waals surface area contributed by atoms with Crippen LogP contribution in [0.15, 0.2) is 53.4 Å². The van der Waals surface area contributed by atoms with Gasteiger partial charge in [0.2, 0.25) is 10.0 Å². The summed E-state index contributed by atoms with van der Waals surface area (Å²) in [5, 5.41) is 8.58. The van der Waals surface area contributed by atoms with E-state index in [0.717, 1.165) is 5.56 Å². The van der Waals surface area contributed by atoms with E-state index in [2.05, 4.69) is 5.32 Å². The predicted octanol–water partition coefficient (Wildman–Crippen LogP) is 2.89. The summed E-state index contributed by atoms with van der Waals surface area (Å²) in [6.45, 7) is 2.17. The van der Waals surface area contributed by atoms with E-state index in [1.807, 2.05) is 12.1 Å². The summed E-state index contributed by atoms with van der Waals surface area (Å²) in [6.07, 6.45) is 0. The lowest BCUT2D eigenvalue weighted by Crippen LogP contribution is -2.38. The molecule has 0 radical (unpaired) electrons. The van der Waals surface area contributed by atoms with Gasteiger partial charge >= 0.3 is 6.03 Å². The maximum Gasteiger partial charge on any atom is 0.317 e. The number of rotatable bonds is 5. The largest absolute Gasteiger partial charge is 0.331 e. The van der Waals surface area contributed by atoms with Gasteiger partial charge in [0.05, 0.1) is 10.9 Å². The van der Waals surface area contributed by atoms with Gasteiger partial charge in [0.15, 0.2) is 0 Å². The Kier molecular flexibility index (Phi) is 6.05. The van der Waals surface area contributed by atoms with Crippen LogP contribution in [0.2, 0.25) is 5.02 Å². The van der Waals surface area contributed by atoms with Gasteiger partial charge in [-0.2, -0.15) is 0 Å². The Morgan fingerprint density at radius 1 is 1.24 bits per heavy atom. The highest BCUT2D eigenvalue weighted by molar-refractivity contribution is 7.89. The first-order chi connectivity index (χ1) is 11.7. The molecule has 2 amide bonds. The van der Waals surface area contributed by atoms with Crippen molar-refractivity contribution in [2.45, 2.75) is 24.4 Å². The number of nitrogens with one attached hydrogen (secondary N) is 1. The number of sulfonamides is 1. The number of halogens is 1. The maximum absolute atomic E-state index is 12.3. The summed E-state index contributed by atoms with van der Waals surface area (Å²) < 4.78 is 22.9. The molecule has 0 fully saturated rings. The van der Waals surface area contributed by atoms with Crippen molar-refractivity contribution >= 4 is 27.7 Å². The Bertz CT molecular complexity index is 871. The standard InChI is InChI=1S/C17H20ClN3O3S/c1-12(14-6-4-8-16(10-14)25(19,23)24)20-17(22)21(2)11-13-5-3-7-15(18)9-13/h3-10,12H,11H2,1-2H3,(H,20,22)(H2,19,23,24). The zero-order valence-electron chi connectivity index (χ0n) is 13.9. The van der Waals surface area contributed by atoms with E-state index < -0.39 is 10.0 Å². The van der Waals surface area contributed by atoms with Crippen LogP contribution in [-0.4, -0.2) is 26.4 Å². The fraction of sp³-hybridized carbons (Fsp3) is 0.235. The van der Waals surface area contributed by atoms with E-state index in [0.29, 0.717) is 17.1 Å². The van der Waals surface area contributed by atoms with E-state index in [4.69, 9.17) is 16.7 Å². The number of urea groups is 1. The highest BCUT2D eigenvalue weighted by Gasteiger charge is 2.16. The molecule has 25 heavy (non-hydrogen) atoms. The smallest absolute Gasteiger partial charge is 0.317 e. The van der Waals surface area contributed by atoms with Crippen molar-refractivity contribution in [3.05, 3.63) is 64.7 Å². The van der Waals surface area contributed by atoms with Gasteiger partial charge in [0.1, 0.15) is 0 Å². The SMILES string of the molecule is CC(NC(=O)N(C)Cc1cccc(Cl)c1)c1cccc(S(N)(=O)=O)c1. The van der Waals surface area contributed by atoms with E-state index in [-0.39, 0.29) is 17.0 Å². The fourth-order valence-electron chi connectivity index (χ4n) is 2.32. The molecule has 2 rings (SSSR count). The van der Waals surface area contributed by atoms with Gasteiger partial charge in [-0.05, 0) is 42.3 Å². The lowest BCUT2D eigenvalue weighted by atomic mass is 10.1. The summed E-state index contributed by atoms with van der Waals surface area (Å²) in [4.78, 5) is 13.9. The van der Waals surface area contributed by atoms with Crippen LogP contribution in [-0.2, 0) is 16.6 Å². The first kappa shape index (κ1) is 19.2. The molecule has 1 atom stereocenters. The van der Waals surface area contributed by atoms with Crippen LogP contribution in [0.4, 0.5) is 4.79 Å². The number of hydrogen-bond donors (Lipinski definition) is 2. The Balaban J connectivity index is 2.04. The molecule has 2 aromatic rings. The van der Waals surface area contributed by atoms with Crippen molar-refractivity contribution in [3.63, 3.8) is 0 Å². The minimum atomic E-state index is -3.78. The molecule has 0 bridgehead atoms. The first-order valence-corrected chi connectivity index (χ1v) is 9.48. The second-order valence-electron chi connectivity index (χ2n) is 5.77. The van der Waals surface area contributed by atoms with Gasteiger partial charge in [-0.15, -0.1) is 0 Å². The number of nitrogens with zero attached hydrogens (tertiary/aromatic N) is 1. The average Bonchev–Trinajstić information content (AvgIpc) is 2.54. The third-order valence-corrected chi connectivity index (χ3v) is 4.83. The van der Waals surface area contributed by atoms with E-state index in [1.54, 1.807) is 38.2 Å². The normalized spacial score (nSPS) is 12.5. The van der Waals surface area contributed by atoms with Crippen molar-refractivity contribution in [1.29, 1.82) is 0 Å². The predicted molar refractivity (Wildman–Crippen MR) is 97.7 cm³/mol. The number of hydrogen-bond acceptors (Lipinski definition) is 3. The summed E-state index contributed by atoms with van der Waals surface area (Å²) >= 11 is 5.95. The van der Waals surface area contributed by atoms with E-state index in [9.17, 15) is 13.2 Å². The zero-order valence-corrected chi connectivity index (χ0v) is 15.5. The molecule has 0 spiro atoms. The highest BCUT2D eigenvalue weighted by atomic mass is 35.5. The molecule has 1 unspecified atom stereocenters. The number of carbonyl (C=O) groups is 1. The molecule has 134 valence electrons. The maximum atomic E-state index is 12.3. The Morgan fingerprint density at radius 3 is 2.56 bits per heavy atom. The monoisotopic (exact) mass is 381 g/mol. The molecular weight excluding hydrogens is 362 g/mol. The summed E-state index contributed by atoms with van der Waals surface area (Å²) in [5.41, 5.74) is 1.56. The number of nitrogens with two attached hydrogens (primary N) is 1. The van der Waals surface area contributed by atoms with Crippen molar-refractivity contribution in [1.82, 2.24) is 10.2 Å². The van der Waals surface area contributed by atoms with Gasteiger partial charge in [-0.3, -0.25) is 0 Å². The minimum Gasteiger partial charge on any atom is -0.331 e. The lowest BCUT2D eigenvalue weighted by molar-refractivity contribution is 0.203. The van der Waals surface area contributed by atoms with Crippen LogP contribution in [0.1, 0.15) is 24.1 Å². The summed E-state index contributed by atoms with van der Waals surface area (Å²) in [6, 6.07) is 12.8. The molecule has 0 aliphatic rings. The van der Waals surface area contributed by atoms with Crippen LogP contribution in [0.25, 0.3) is 0 Å². The highest BCUT2D eigenvalue weighted by Crippen LogP contribution is 2.17. The van der Waals surface area contributed by atoms with Crippen molar-refractivity contribution in [2.75, 3.05) is 7.05 Å². The molecule has 8 heteroatoms. The second-order valence-corrected chi connectivity index (χ2v) is 7.77. The van der Waals surface area contributed by atoms with Crippen molar-refractivity contribution in [2.24, 2.45) is 5.14 Å².